The second-order valence-electron chi connectivity index (χ2n) is 7.68. The standard InChI is InChI=1S/C25H19N5O5S2/c26-37(32,33)21-7-3-6-18(13-21)29-22-14-20(10-11-27-22)34-23-15-28-24(36-23)30-25(31)35-19-9-8-16-4-1-2-5-17(16)12-19/h1-15H,(H,27,29)(H2,26,32,33)(H,28,30,31). The number of primary sulfonamides is 1. The summed E-state index contributed by atoms with van der Waals surface area (Å²) in [6, 6.07) is 22.5. The molecule has 0 unspecified atom stereocenters. The first-order chi connectivity index (χ1) is 17.8. The molecule has 1 amide bonds. The van der Waals surface area contributed by atoms with Crippen LogP contribution in [0.5, 0.6) is 16.6 Å². The highest BCUT2D eigenvalue weighted by atomic mass is 32.2. The number of aromatic nitrogens is 2. The Hall–Kier alpha value is -4.52. The number of benzene rings is 3. The number of pyridine rings is 1. The van der Waals surface area contributed by atoms with Crippen molar-refractivity contribution < 1.29 is 22.7 Å². The molecule has 0 radical (unpaired) electrons. The van der Waals surface area contributed by atoms with Gasteiger partial charge >= 0.3 is 6.09 Å². The number of sulfonamides is 1. The highest BCUT2D eigenvalue weighted by Gasteiger charge is 2.12. The van der Waals surface area contributed by atoms with Crippen LogP contribution in [0.3, 0.4) is 0 Å². The van der Waals surface area contributed by atoms with Crippen LogP contribution in [-0.2, 0) is 10.0 Å². The zero-order valence-corrected chi connectivity index (χ0v) is 20.6. The Balaban J connectivity index is 1.21. The Morgan fingerprint density at radius 2 is 1.73 bits per heavy atom. The number of hydrogen-bond acceptors (Lipinski definition) is 9. The first kappa shape index (κ1) is 24.2. The number of amides is 1. The number of carbonyl (C=O) groups excluding carboxylic acids is 1. The normalized spacial score (nSPS) is 11.2. The minimum absolute atomic E-state index is 0.0197. The van der Waals surface area contributed by atoms with Gasteiger partial charge in [0.2, 0.25) is 15.1 Å². The summed E-state index contributed by atoms with van der Waals surface area (Å²) in [6.45, 7) is 0. The van der Waals surface area contributed by atoms with Crippen LogP contribution in [0.15, 0.2) is 96.2 Å². The molecule has 5 aromatic rings. The molecule has 0 bridgehead atoms. The van der Waals surface area contributed by atoms with E-state index < -0.39 is 16.1 Å². The van der Waals surface area contributed by atoms with E-state index in [4.69, 9.17) is 14.6 Å². The first-order valence-electron chi connectivity index (χ1n) is 10.8. The van der Waals surface area contributed by atoms with E-state index in [0.717, 1.165) is 22.1 Å². The highest BCUT2D eigenvalue weighted by molar-refractivity contribution is 7.89. The molecule has 37 heavy (non-hydrogen) atoms. The predicted molar refractivity (Wildman–Crippen MR) is 141 cm³/mol. The van der Waals surface area contributed by atoms with Gasteiger partial charge in [-0.05, 0) is 47.2 Å². The Morgan fingerprint density at radius 3 is 2.57 bits per heavy atom. The molecule has 0 atom stereocenters. The van der Waals surface area contributed by atoms with Gasteiger partial charge in [-0.15, -0.1) is 0 Å². The number of nitrogens with zero attached hydrogens (tertiary/aromatic N) is 2. The molecule has 2 aromatic heterocycles. The monoisotopic (exact) mass is 533 g/mol. The maximum absolute atomic E-state index is 12.3. The molecule has 0 fully saturated rings. The fourth-order valence-corrected chi connectivity index (χ4v) is 4.61. The zero-order chi connectivity index (χ0) is 25.8. The van der Waals surface area contributed by atoms with Crippen LogP contribution < -0.4 is 25.2 Å². The summed E-state index contributed by atoms with van der Waals surface area (Å²) in [7, 11) is -3.83. The molecule has 3 aromatic carbocycles. The fraction of sp³-hybridized carbons (Fsp3) is 0. The molecule has 0 saturated carbocycles. The maximum atomic E-state index is 12.3. The van der Waals surface area contributed by atoms with Crippen molar-refractivity contribution in [1.82, 2.24) is 9.97 Å². The van der Waals surface area contributed by atoms with Crippen molar-refractivity contribution in [2.45, 2.75) is 4.90 Å². The van der Waals surface area contributed by atoms with E-state index in [9.17, 15) is 13.2 Å². The van der Waals surface area contributed by atoms with E-state index in [0.29, 0.717) is 33.2 Å². The zero-order valence-electron chi connectivity index (χ0n) is 19.0. The van der Waals surface area contributed by atoms with Gasteiger partial charge in [0.15, 0.2) is 5.13 Å². The SMILES string of the molecule is NS(=O)(=O)c1cccc(Nc2cc(Oc3cnc(NC(=O)Oc4ccc5ccccc5c4)s3)ccn2)c1. The number of rotatable bonds is 7. The van der Waals surface area contributed by atoms with E-state index in [1.165, 1.54) is 24.5 Å². The minimum atomic E-state index is -3.83. The molecule has 10 nitrogen and oxygen atoms in total. The molecule has 0 saturated heterocycles. The van der Waals surface area contributed by atoms with Crippen LogP contribution >= 0.6 is 11.3 Å². The summed E-state index contributed by atoms with van der Waals surface area (Å²) < 4.78 is 34.4. The molecule has 0 spiro atoms. The fourth-order valence-electron chi connectivity index (χ4n) is 3.37. The molecule has 12 heteroatoms. The minimum Gasteiger partial charge on any atom is -0.445 e. The number of ether oxygens (including phenoxy) is 2. The van der Waals surface area contributed by atoms with Crippen LogP contribution in [0.25, 0.3) is 10.8 Å². The van der Waals surface area contributed by atoms with Crippen molar-refractivity contribution in [3.63, 3.8) is 0 Å². The number of nitrogens with two attached hydrogens (primary N) is 1. The number of hydrogen-bond donors (Lipinski definition) is 3. The third-order valence-electron chi connectivity index (χ3n) is 5.01. The lowest BCUT2D eigenvalue weighted by molar-refractivity contribution is 0.215. The molecule has 5 rings (SSSR count). The topological polar surface area (TPSA) is 146 Å². The van der Waals surface area contributed by atoms with Gasteiger partial charge in [-0.25, -0.2) is 28.3 Å². The van der Waals surface area contributed by atoms with Crippen LogP contribution in [0, 0.1) is 0 Å². The van der Waals surface area contributed by atoms with Gasteiger partial charge in [-0.1, -0.05) is 47.7 Å². The molecule has 0 aliphatic heterocycles. The number of fused-ring (bicyclic) bond motifs is 1. The lowest BCUT2D eigenvalue weighted by Gasteiger charge is -2.08. The van der Waals surface area contributed by atoms with Crippen molar-refractivity contribution in [1.29, 1.82) is 0 Å². The van der Waals surface area contributed by atoms with Crippen LogP contribution in [0.4, 0.5) is 21.4 Å². The summed E-state index contributed by atoms with van der Waals surface area (Å²) >= 11 is 1.12. The van der Waals surface area contributed by atoms with E-state index in [1.54, 1.807) is 36.4 Å². The van der Waals surface area contributed by atoms with E-state index in [1.807, 2.05) is 30.3 Å². The van der Waals surface area contributed by atoms with Crippen LogP contribution in [0.2, 0.25) is 0 Å². The predicted octanol–water partition coefficient (Wildman–Crippen LogP) is 5.49. The molecular weight excluding hydrogens is 514 g/mol. The van der Waals surface area contributed by atoms with E-state index in [2.05, 4.69) is 20.6 Å². The van der Waals surface area contributed by atoms with Crippen molar-refractivity contribution in [2.24, 2.45) is 5.14 Å². The third-order valence-corrected chi connectivity index (χ3v) is 6.71. The molecule has 0 aliphatic carbocycles. The quantitative estimate of drug-likeness (QED) is 0.249. The van der Waals surface area contributed by atoms with Crippen molar-refractivity contribution in [2.75, 3.05) is 10.6 Å². The lowest BCUT2D eigenvalue weighted by atomic mass is 10.1. The van der Waals surface area contributed by atoms with E-state index in [-0.39, 0.29) is 4.90 Å². The smallest absolute Gasteiger partial charge is 0.418 e. The van der Waals surface area contributed by atoms with Crippen LogP contribution in [-0.4, -0.2) is 24.5 Å². The lowest BCUT2D eigenvalue weighted by Crippen LogP contribution is -2.16. The molecule has 0 aliphatic rings. The summed E-state index contributed by atoms with van der Waals surface area (Å²) in [5, 5.41) is 13.5. The van der Waals surface area contributed by atoms with Gasteiger partial charge in [0.05, 0.1) is 11.1 Å². The Bertz CT molecular complexity index is 1700. The number of carbonyl (C=O) groups is 1. The van der Waals surface area contributed by atoms with Crippen LogP contribution in [0.1, 0.15) is 0 Å². The highest BCUT2D eigenvalue weighted by Crippen LogP contribution is 2.31. The van der Waals surface area contributed by atoms with E-state index >= 15 is 0 Å². The maximum Gasteiger partial charge on any atom is 0.418 e. The van der Waals surface area contributed by atoms with Gasteiger partial charge in [0.1, 0.15) is 17.3 Å². The van der Waals surface area contributed by atoms with Gasteiger partial charge in [0, 0.05) is 18.0 Å². The van der Waals surface area contributed by atoms with Crippen molar-refractivity contribution in [3.05, 3.63) is 91.3 Å². The summed E-state index contributed by atoms with van der Waals surface area (Å²) in [4.78, 5) is 20.7. The second-order valence-corrected chi connectivity index (χ2v) is 10.2. The summed E-state index contributed by atoms with van der Waals surface area (Å²) in [5.74, 6) is 1.29. The molecule has 4 N–H and O–H groups in total. The Morgan fingerprint density at radius 1 is 0.892 bits per heavy atom. The summed E-state index contributed by atoms with van der Waals surface area (Å²) in [6.07, 6.45) is 2.33. The largest absolute Gasteiger partial charge is 0.445 e. The first-order valence-corrected chi connectivity index (χ1v) is 13.2. The number of anilines is 3. The van der Waals surface area contributed by atoms with Crippen molar-refractivity contribution >= 4 is 54.9 Å². The summed E-state index contributed by atoms with van der Waals surface area (Å²) in [5.41, 5.74) is 0.491. The Labute approximate surface area is 215 Å². The van der Waals surface area contributed by atoms with Crippen molar-refractivity contribution in [3.8, 4) is 16.6 Å². The van der Waals surface area contributed by atoms with Gasteiger partial charge in [0.25, 0.3) is 0 Å². The number of nitrogens with one attached hydrogen (secondary N) is 2. The molecule has 186 valence electrons. The van der Waals surface area contributed by atoms with Gasteiger partial charge < -0.3 is 14.8 Å². The Kier molecular flexibility index (Phi) is 6.68. The average Bonchev–Trinajstić information content (AvgIpc) is 3.30. The average molecular weight is 534 g/mol. The molecule has 2 heterocycles. The number of thiazole rings is 1. The van der Waals surface area contributed by atoms with Gasteiger partial charge in [-0.2, -0.15) is 0 Å². The third kappa shape index (κ3) is 6.19. The second kappa shape index (κ2) is 10.2. The van der Waals surface area contributed by atoms with Gasteiger partial charge in [-0.3, -0.25) is 5.32 Å². The molecular formula is C25H19N5O5S2.